The molecule has 1 heterocycles. The van der Waals surface area contributed by atoms with E-state index in [4.69, 9.17) is 5.11 Å². The van der Waals surface area contributed by atoms with Gasteiger partial charge in [0, 0.05) is 19.7 Å². The molecule has 1 rings (SSSR count). The zero-order valence-corrected chi connectivity index (χ0v) is 11.5. The topological polar surface area (TPSA) is 113 Å². The Kier molecular flexibility index (Phi) is 4.99. The van der Waals surface area contributed by atoms with Gasteiger partial charge in [0.1, 0.15) is 5.69 Å². The normalized spacial score (nSPS) is 13.7. The van der Waals surface area contributed by atoms with E-state index in [1.165, 1.54) is 0 Å². The molecule has 106 valence electrons. The van der Waals surface area contributed by atoms with Crippen molar-refractivity contribution in [2.45, 2.75) is 26.8 Å². The number of aromatic nitrogens is 2. The number of nitro groups is 1. The summed E-state index contributed by atoms with van der Waals surface area (Å²) in [5.74, 6) is 0.428. The summed E-state index contributed by atoms with van der Waals surface area (Å²) in [7, 11) is 1.64. The summed E-state index contributed by atoms with van der Waals surface area (Å²) in [6.07, 6.45) is 0. The van der Waals surface area contributed by atoms with Gasteiger partial charge in [0.15, 0.2) is 0 Å². The fourth-order valence-corrected chi connectivity index (χ4v) is 1.51. The van der Waals surface area contributed by atoms with E-state index in [9.17, 15) is 10.1 Å². The molecule has 2 unspecified atom stereocenters. The monoisotopic (exact) mass is 269 g/mol. The number of aliphatic hydroxyl groups excluding tert-OH is 1. The smallest absolute Gasteiger partial charge is 0.332 e. The second-order valence-corrected chi connectivity index (χ2v) is 4.43. The Bertz CT molecular complexity index is 466. The predicted octanol–water partition coefficient (Wildman–Crippen LogP) is 1.16. The molecule has 0 radical (unpaired) electrons. The van der Waals surface area contributed by atoms with Gasteiger partial charge in [-0.1, -0.05) is 6.92 Å². The molecule has 0 aliphatic rings. The molecule has 0 aliphatic heterocycles. The third-order valence-electron chi connectivity index (χ3n) is 2.97. The van der Waals surface area contributed by atoms with Crippen LogP contribution in [0.3, 0.4) is 0 Å². The van der Waals surface area contributed by atoms with Gasteiger partial charge in [0.25, 0.3) is 0 Å². The molecule has 8 heteroatoms. The quantitative estimate of drug-likeness (QED) is 0.524. The van der Waals surface area contributed by atoms with Crippen molar-refractivity contribution < 1.29 is 10.0 Å². The van der Waals surface area contributed by atoms with Gasteiger partial charge in [-0.25, -0.2) is 4.98 Å². The molecule has 19 heavy (non-hydrogen) atoms. The lowest BCUT2D eigenvalue weighted by molar-refractivity contribution is -0.385. The molecule has 2 atom stereocenters. The van der Waals surface area contributed by atoms with Crippen LogP contribution >= 0.6 is 0 Å². The Labute approximate surface area is 111 Å². The van der Waals surface area contributed by atoms with Gasteiger partial charge in [-0.3, -0.25) is 10.1 Å². The standard InChI is InChI=1S/C11H19N5O3/c1-6(5-17)7(2)13-10-9(16(18)19)8(3)14-11(12-4)15-10/h6-7,17H,5H2,1-4H3,(H2,12,13,14,15). The molecular weight excluding hydrogens is 250 g/mol. The molecule has 1 aromatic heterocycles. The fourth-order valence-electron chi connectivity index (χ4n) is 1.51. The van der Waals surface area contributed by atoms with Gasteiger partial charge < -0.3 is 15.7 Å². The van der Waals surface area contributed by atoms with E-state index in [-0.39, 0.29) is 35.8 Å². The van der Waals surface area contributed by atoms with Crippen LogP contribution in [0.15, 0.2) is 0 Å². The molecule has 0 saturated carbocycles. The number of nitrogens with one attached hydrogen (secondary N) is 2. The van der Waals surface area contributed by atoms with Crippen LogP contribution in [0.25, 0.3) is 0 Å². The van der Waals surface area contributed by atoms with Crippen molar-refractivity contribution >= 4 is 17.5 Å². The van der Waals surface area contributed by atoms with Crippen molar-refractivity contribution in [2.75, 3.05) is 24.3 Å². The van der Waals surface area contributed by atoms with E-state index >= 15 is 0 Å². The van der Waals surface area contributed by atoms with Crippen molar-refractivity contribution in [1.29, 1.82) is 0 Å². The highest BCUT2D eigenvalue weighted by atomic mass is 16.6. The first kappa shape index (κ1) is 15.1. The summed E-state index contributed by atoms with van der Waals surface area (Å²) in [4.78, 5) is 18.6. The third-order valence-corrected chi connectivity index (χ3v) is 2.97. The Morgan fingerprint density at radius 2 is 2.05 bits per heavy atom. The maximum Gasteiger partial charge on any atom is 0.332 e. The first-order valence-corrected chi connectivity index (χ1v) is 5.98. The summed E-state index contributed by atoms with van der Waals surface area (Å²) < 4.78 is 0. The average Bonchev–Trinajstić information content (AvgIpc) is 2.36. The number of hydrogen-bond donors (Lipinski definition) is 3. The molecule has 0 spiro atoms. The summed E-state index contributed by atoms with van der Waals surface area (Å²) >= 11 is 0. The number of nitrogens with zero attached hydrogens (tertiary/aromatic N) is 3. The van der Waals surface area contributed by atoms with Crippen molar-refractivity contribution in [2.24, 2.45) is 5.92 Å². The van der Waals surface area contributed by atoms with Crippen molar-refractivity contribution in [1.82, 2.24) is 9.97 Å². The van der Waals surface area contributed by atoms with E-state index in [1.807, 2.05) is 13.8 Å². The Balaban J connectivity index is 3.16. The van der Waals surface area contributed by atoms with Gasteiger partial charge in [-0.2, -0.15) is 4.98 Å². The summed E-state index contributed by atoms with van der Waals surface area (Å²) in [6.45, 7) is 5.23. The fraction of sp³-hybridized carbons (Fsp3) is 0.636. The van der Waals surface area contributed by atoms with E-state index in [2.05, 4.69) is 20.6 Å². The molecule has 8 nitrogen and oxygen atoms in total. The lowest BCUT2D eigenvalue weighted by atomic mass is 10.1. The van der Waals surface area contributed by atoms with Crippen molar-refractivity contribution in [3.63, 3.8) is 0 Å². The van der Waals surface area contributed by atoms with Crippen LogP contribution in [0, 0.1) is 23.0 Å². The Hall–Kier alpha value is -1.96. The van der Waals surface area contributed by atoms with Gasteiger partial charge >= 0.3 is 5.69 Å². The lowest BCUT2D eigenvalue weighted by Gasteiger charge is -2.20. The molecule has 0 saturated heterocycles. The lowest BCUT2D eigenvalue weighted by Crippen LogP contribution is -2.27. The van der Waals surface area contributed by atoms with Gasteiger partial charge in [0.2, 0.25) is 11.8 Å². The van der Waals surface area contributed by atoms with Gasteiger partial charge in [0.05, 0.1) is 4.92 Å². The molecule has 0 bridgehead atoms. The van der Waals surface area contributed by atoms with Crippen molar-refractivity contribution in [3.05, 3.63) is 15.8 Å². The van der Waals surface area contributed by atoms with Gasteiger partial charge in [-0.05, 0) is 19.8 Å². The van der Waals surface area contributed by atoms with Gasteiger partial charge in [-0.15, -0.1) is 0 Å². The van der Waals surface area contributed by atoms with Crippen LogP contribution in [0.1, 0.15) is 19.5 Å². The first-order chi connectivity index (χ1) is 8.90. The number of aryl methyl sites for hydroxylation is 1. The highest BCUT2D eigenvalue weighted by molar-refractivity contribution is 5.61. The number of anilines is 2. The van der Waals surface area contributed by atoms with Crippen molar-refractivity contribution in [3.8, 4) is 0 Å². The molecule has 3 N–H and O–H groups in total. The minimum absolute atomic E-state index is 0.00901. The zero-order chi connectivity index (χ0) is 14.6. The van der Waals surface area contributed by atoms with Crippen LogP contribution in [0.5, 0.6) is 0 Å². The van der Waals surface area contributed by atoms with Crippen LogP contribution in [-0.2, 0) is 0 Å². The maximum absolute atomic E-state index is 11.1. The van der Waals surface area contributed by atoms with Crippen LogP contribution in [0.4, 0.5) is 17.5 Å². The van der Waals surface area contributed by atoms with E-state index in [0.717, 1.165) is 0 Å². The second-order valence-electron chi connectivity index (χ2n) is 4.43. The highest BCUT2D eigenvalue weighted by Gasteiger charge is 2.24. The Morgan fingerprint density at radius 3 is 2.53 bits per heavy atom. The molecule has 1 aromatic rings. The van der Waals surface area contributed by atoms with E-state index < -0.39 is 4.92 Å². The minimum atomic E-state index is -0.507. The van der Waals surface area contributed by atoms with Crippen LogP contribution < -0.4 is 10.6 Å². The number of aliphatic hydroxyl groups is 1. The molecule has 0 amide bonds. The maximum atomic E-state index is 11.1. The number of rotatable bonds is 6. The number of hydrogen-bond acceptors (Lipinski definition) is 7. The predicted molar refractivity (Wildman–Crippen MR) is 72.3 cm³/mol. The van der Waals surface area contributed by atoms with E-state index in [1.54, 1.807) is 14.0 Å². The summed E-state index contributed by atoms with van der Waals surface area (Å²) in [5.41, 5.74) is 0.145. The molecule has 0 aliphatic carbocycles. The second kappa shape index (κ2) is 6.28. The largest absolute Gasteiger partial charge is 0.396 e. The minimum Gasteiger partial charge on any atom is -0.396 e. The third kappa shape index (κ3) is 3.50. The Morgan fingerprint density at radius 1 is 1.42 bits per heavy atom. The zero-order valence-electron chi connectivity index (χ0n) is 11.5. The molecule has 0 aromatic carbocycles. The van der Waals surface area contributed by atoms with E-state index in [0.29, 0.717) is 5.95 Å². The summed E-state index contributed by atoms with van der Waals surface area (Å²) in [6, 6.07) is -0.150. The first-order valence-electron chi connectivity index (χ1n) is 5.98. The van der Waals surface area contributed by atoms with Crippen LogP contribution in [0.2, 0.25) is 0 Å². The summed E-state index contributed by atoms with van der Waals surface area (Å²) in [5, 5.41) is 25.9. The highest BCUT2D eigenvalue weighted by Crippen LogP contribution is 2.27. The molecule has 0 fully saturated rings. The average molecular weight is 269 g/mol. The van der Waals surface area contributed by atoms with Crippen LogP contribution in [-0.4, -0.2) is 39.7 Å². The SMILES string of the molecule is CNc1nc(C)c([N+](=O)[O-])c(NC(C)C(C)CO)n1. The molecular formula is C11H19N5O3.